The molecule has 0 aromatic heterocycles. The van der Waals surface area contributed by atoms with E-state index in [1.54, 1.807) is 61.7 Å². The van der Waals surface area contributed by atoms with Crippen molar-refractivity contribution < 1.29 is 29.3 Å². The van der Waals surface area contributed by atoms with E-state index < -0.39 is 17.9 Å². The van der Waals surface area contributed by atoms with Crippen molar-refractivity contribution in [3.63, 3.8) is 0 Å². The molecule has 0 aliphatic carbocycles. The third kappa shape index (κ3) is 3.62. The van der Waals surface area contributed by atoms with Gasteiger partial charge in [-0.25, -0.2) is 0 Å². The summed E-state index contributed by atoms with van der Waals surface area (Å²) in [6.07, 6.45) is 0. The Morgan fingerprint density at radius 1 is 0.969 bits per heavy atom. The van der Waals surface area contributed by atoms with Gasteiger partial charge in [0.25, 0.3) is 5.91 Å². The van der Waals surface area contributed by atoms with Crippen molar-refractivity contribution in [1.82, 2.24) is 4.90 Å². The summed E-state index contributed by atoms with van der Waals surface area (Å²) >= 11 is 0. The minimum atomic E-state index is -1.09. The Kier molecular flexibility index (Phi) is 5.73. The van der Waals surface area contributed by atoms with Gasteiger partial charge < -0.3 is 24.6 Å². The number of hydrogen-bond donors (Lipinski definition) is 2. The first-order valence-corrected chi connectivity index (χ1v) is 10.1. The lowest BCUT2D eigenvalue weighted by molar-refractivity contribution is -0.140. The van der Waals surface area contributed by atoms with E-state index in [9.17, 15) is 19.8 Å². The third-order valence-electron chi connectivity index (χ3n) is 5.76. The molecule has 0 radical (unpaired) electrons. The summed E-state index contributed by atoms with van der Waals surface area (Å²) in [7, 11) is 2.97. The fourth-order valence-electron chi connectivity index (χ4n) is 4.29. The number of benzene rings is 3. The first-order valence-electron chi connectivity index (χ1n) is 10.1. The number of phenolic OH excluding ortho intramolecular Hbond substituents is 1. The molecule has 3 aromatic carbocycles. The quantitative estimate of drug-likeness (QED) is 0.611. The molecule has 1 heterocycles. The highest BCUT2D eigenvalue weighted by Gasteiger charge is 2.45. The van der Waals surface area contributed by atoms with Gasteiger partial charge in [0, 0.05) is 17.7 Å². The first kappa shape index (κ1) is 21.2. The Bertz CT molecular complexity index is 1170. The van der Waals surface area contributed by atoms with E-state index in [4.69, 9.17) is 9.47 Å². The van der Waals surface area contributed by atoms with Crippen molar-refractivity contribution in [2.24, 2.45) is 0 Å². The van der Waals surface area contributed by atoms with Gasteiger partial charge in [-0.2, -0.15) is 0 Å². The fourth-order valence-corrected chi connectivity index (χ4v) is 4.29. The summed E-state index contributed by atoms with van der Waals surface area (Å²) in [6.45, 7) is 0.134. The van der Waals surface area contributed by atoms with Crippen LogP contribution in [0.4, 0.5) is 0 Å². The number of carboxylic acid groups (broad SMARTS) is 1. The van der Waals surface area contributed by atoms with Crippen LogP contribution < -0.4 is 9.47 Å². The summed E-state index contributed by atoms with van der Waals surface area (Å²) in [5, 5.41) is 21.1. The van der Waals surface area contributed by atoms with Crippen LogP contribution in [-0.4, -0.2) is 41.2 Å². The number of carboxylic acids is 1. The van der Waals surface area contributed by atoms with Crippen LogP contribution in [0.3, 0.4) is 0 Å². The summed E-state index contributed by atoms with van der Waals surface area (Å²) in [4.78, 5) is 27.6. The monoisotopic (exact) mass is 433 g/mol. The van der Waals surface area contributed by atoms with Crippen molar-refractivity contribution >= 4 is 11.9 Å². The summed E-state index contributed by atoms with van der Waals surface area (Å²) in [6, 6.07) is 17.9. The second-order valence-corrected chi connectivity index (χ2v) is 7.53. The zero-order valence-corrected chi connectivity index (χ0v) is 17.7. The Labute approximate surface area is 185 Å². The molecular formula is C25H23NO6. The van der Waals surface area contributed by atoms with Crippen molar-refractivity contribution in [3.8, 4) is 17.2 Å². The number of methoxy groups -OCH3 is 2. The van der Waals surface area contributed by atoms with Gasteiger partial charge in [0.1, 0.15) is 11.7 Å². The number of carbonyl (C=O) groups excluding carboxylic acids is 1. The number of phenols is 1. The topological polar surface area (TPSA) is 96.3 Å². The van der Waals surface area contributed by atoms with Crippen LogP contribution in [0.2, 0.25) is 0 Å². The summed E-state index contributed by atoms with van der Waals surface area (Å²) in [5.74, 6) is -1.83. The average molecular weight is 433 g/mol. The van der Waals surface area contributed by atoms with Crippen LogP contribution in [0.15, 0.2) is 66.7 Å². The van der Waals surface area contributed by atoms with Gasteiger partial charge in [-0.15, -0.1) is 0 Å². The molecule has 0 bridgehead atoms. The lowest BCUT2D eigenvalue weighted by Gasteiger charge is -2.41. The summed E-state index contributed by atoms with van der Waals surface area (Å²) in [5.41, 5.74) is 1.83. The number of aromatic hydroxyl groups is 1. The predicted octanol–water partition coefficient (Wildman–Crippen LogP) is 3.97. The van der Waals surface area contributed by atoms with Gasteiger partial charge in [0.05, 0.1) is 20.3 Å². The predicted molar refractivity (Wildman–Crippen MR) is 117 cm³/mol. The molecule has 0 unspecified atom stereocenters. The Morgan fingerprint density at radius 3 is 2.41 bits per heavy atom. The molecule has 1 aliphatic rings. The normalized spacial score (nSPS) is 17.6. The molecule has 32 heavy (non-hydrogen) atoms. The van der Waals surface area contributed by atoms with Gasteiger partial charge in [-0.1, -0.05) is 42.5 Å². The number of nitrogens with zero attached hydrogens (tertiary/aromatic N) is 1. The molecule has 4 rings (SSSR count). The van der Waals surface area contributed by atoms with Crippen molar-refractivity contribution in [2.45, 2.75) is 18.5 Å². The molecule has 164 valence electrons. The number of para-hydroxylation sites is 1. The van der Waals surface area contributed by atoms with Gasteiger partial charge in [0.2, 0.25) is 0 Å². The maximum atomic E-state index is 13.6. The molecule has 2 atom stereocenters. The minimum Gasteiger partial charge on any atom is -0.504 e. The van der Waals surface area contributed by atoms with Crippen LogP contribution in [0.5, 0.6) is 17.2 Å². The SMILES string of the molecule is COc1cccc(CN2C(=O)c3ccccc3[C@@H](C(=O)O)[C@@H]2c2cccc(OC)c2O)c1. The van der Waals surface area contributed by atoms with Crippen molar-refractivity contribution in [1.29, 1.82) is 0 Å². The molecule has 1 aliphatic heterocycles. The van der Waals surface area contributed by atoms with E-state index in [0.29, 0.717) is 22.4 Å². The van der Waals surface area contributed by atoms with Gasteiger partial charge in [-0.05, 0) is 35.4 Å². The fraction of sp³-hybridized carbons (Fsp3) is 0.200. The maximum Gasteiger partial charge on any atom is 0.313 e. The third-order valence-corrected chi connectivity index (χ3v) is 5.76. The highest BCUT2D eigenvalue weighted by molar-refractivity contribution is 6.00. The second-order valence-electron chi connectivity index (χ2n) is 7.53. The van der Waals surface area contributed by atoms with Gasteiger partial charge in [0.15, 0.2) is 11.5 Å². The molecule has 0 saturated heterocycles. The Balaban J connectivity index is 1.92. The molecule has 0 fully saturated rings. The molecular weight excluding hydrogens is 410 g/mol. The smallest absolute Gasteiger partial charge is 0.313 e. The maximum absolute atomic E-state index is 13.6. The van der Waals surface area contributed by atoms with Gasteiger partial charge in [-0.3, -0.25) is 9.59 Å². The minimum absolute atomic E-state index is 0.134. The standard InChI is InChI=1S/C25H23NO6/c1-31-16-8-5-7-15(13-16)14-26-22(19-11-6-12-20(32-2)23(19)27)21(25(29)30)17-9-3-4-10-18(17)24(26)28/h3-13,21-22,27H,14H2,1-2H3,(H,29,30)/t21-,22+/m1/s1. The highest BCUT2D eigenvalue weighted by Crippen LogP contribution is 2.47. The number of hydrogen-bond acceptors (Lipinski definition) is 5. The number of ether oxygens (including phenoxy) is 2. The molecule has 0 saturated carbocycles. The molecule has 0 spiro atoms. The van der Waals surface area contributed by atoms with E-state index in [1.165, 1.54) is 12.0 Å². The lowest BCUT2D eigenvalue weighted by atomic mass is 9.79. The molecule has 3 aromatic rings. The molecule has 7 nitrogen and oxygen atoms in total. The van der Waals surface area contributed by atoms with E-state index in [-0.39, 0.29) is 24.0 Å². The van der Waals surface area contributed by atoms with Crippen LogP contribution >= 0.6 is 0 Å². The average Bonchev–Trinajstić information content (AvgIpc) is 2.81. The lowest BCUT2D eigenvalue weighted by Crippen LogP contribution is -2.44. The van der Waals surface area contributed by atoms with E-state index in [0.717, 1.165) is 5.56 Å². The number of carbonyl (C=O) groups is 2. The van der Waals surface area contributed by atoms with Crippen LogP contribution in [0.1, 0.15) is 39.0 Å². The Morgan fingerprint density at radius 2 is 1.69 bits per heavy atom. The zero-order valence-electron chi connectivity index (χ0n) is 17.7. The second kappa shape index (κ2) is 8.63. The molecule has 1 amide bonds. The van der Waals surface area contributed by atoms with Crippen molar-refractivity contribution in [2.75, 3.05) is 14.2 Å². The largest absolute Gasteiger partial charge is 0.504 e. The number of rotatable bonds is 6. The van der Waals surface area contributed by atoms with Crippen molar-refractivity contribution in [3.05, 3.63) is 89.0 Å². The Hall–Kier alpha value is -4.00. The molecule has 2 N–H and O–H groups in total. The molecule has 7 heteroatoms. The van der Waals surface area contributed by atoms with Crippen LogP contribution in [0.25, 0.3) is 0 Å². The summed E-state index contributed by atoms with van der Waals surface area (Å²) < 4.78 is 10.5. The zero-order chi connectivity index (χ0) is 22.8. The van der Waals surface area contributed by atoms with Gasteiger partial charge >= 0.3 is 5.97 Å². The first-order chi connectivity index (χ1) is 15.5. The number of amides is 1. The van der Waals surface area contributed by atoms with Crippen LogP contribution in [0, 0.1) is 0 Å². The van der Waals surface area contributed by atoms with E-state index in [1.807, 2.05) is 12.1 Å². The number of aliphatic carboxylic acids is 1. The highest BCUT2D eigenvalue weighted by atomic mass is 16.5. The van der Waals surface area contributed by atoms with E-state index in [2.05, 4.69) is 0 Å². The number of fused-ring (bicyclic) bond motifs is 1. The van der Waals surface area contributed by atoms with Crippen LogP contribution in [-0.2, 0) is 11.3 Å². The van der Waals surface area contributed by atoms with E-state index >= 15 is 0 Å².